The van der Waals surface area contributed by atoms with E-state index in [0.717, 1.165) is 12.8 Å². The van der Waals surface area contributed by atoms with E-state index in [0.29, 0.717) is 8.95 Å². The second kappa shape index (κ2) is 5.69. The van der Waals surface area contributed by atoms with Crippen LogP contribution in [0, 0.1) is 5.92 Å². The smallest absolute Gasteiger partial charge is 0.243 e. The van der Waals surface area contributed by atoms with Crippen LogP contribution in [0.1, 0.15) is 12.8 Å². The minimum atomic E-state index is -3.74. The van der Waals surface area contributed by atoms with E-state index in [2.05, 4.69) is 36.6 Å². The maximum absolute atomic E-state index is 12.2. The summed E-state index contributed by atoms with van der Waals surface area (Å²) in [6, 6.07) is 3.14. The fraction of sp³-hybridized carbons (Fsp3) is 0.455. The van der Waals surface area contributed by atoms with Crippen molar-refractivity contribution in [3.05, 3.63) is 21.1 Å². The van der Waals surface area contributed by atoms with Gasteiger partial charge < -0.3 is 10.8 Å². The number of hydrogen-bond acceptors (Lipinski definition) is 4. The Kier molecular flexibility index (Phi) is 4.56. The van der Waals surface area contributed by atoms with Crippen molar-refractivity contribution in [1.29, 1.82) is 0 Å². The molecule has 1 fully saturated rings. The van der Waals surface area contributed by atoms with Crippen molar-refractivity contribution in [2.24, 2.45) is 5.92 Å². The quantitative estimate of drug-likeness (QED) is 0.642. The Labute approximate surface area is 128 Å². The average Bonchev–Trinajstić information content (AvgIpc) is 3.07. The number of nitrogens with one attached hydrogen (secondary N) is 1. The number of aliphatic hydroxyl groups excluding tert-OH is 1. The molecule has 19 heavy (non-hydrogen) atoms. The molecular weight excluding hydrogens is 400 g/mol. The number of aliphatic hydroxyl groups is 1. The molecule has 0 saturated heterocycles. The molecule has 0 radical (unpaired) electrons. The van der Waals surface area contributed by atoms with Crippen molar-refractivity contribution in [1.82, 2.24) is 4.72 Å². The maximum Gasteiger partial charge on any atom is 0.243 e. The number of nitrogens with two attached hydrogens (primary N) is 1. The summed E-state index contributed by atoms with van der Waals surface area (Å²) < 4.78 is 27.8. The number of hydrogen-bond donors (Lipinski definition) is 3. The van der Waals surface area contributed by atoms with Gasteiger partial charge >= 0.3 is 0 Å². The highest BCUT2D eigenvalue weighted by atomic mass is 79.9. The summed E-state index contributed by atoms with van der Waals surface area (Å²) in [7, 11) is -3.74. The zero-order chi connectivity index (χ0) is 14.2. The molecule has 0 spiro atoms. The Morgan fingerprint density at radius 1 is 1.42 bits per heavy atom. The minimum Gasteiger partial charge on any atom is -0.398 e. The molecule has 1 aliphatic carbocycles. The lowest BCUT2D eigenvalue weighted by Crippen LogP contribution is -2.33. The number of rotatable bonds is 5. The van der Waals surface area contributed by atoms with Gasteiger partial charge in [-0.15, -0.1) is 0 Å². The predicted molar refractivity (Wildman–Crippen MR) is 80.2 cm³/mol. The zero-order valence-electron chi connectivity index (χ0n) is 9.94. The topological polar surface area (TPSA) is 92.4 Å². The first-order chi connectivity index (χ1) is 8.81. The van der Waals surface area contributed by atoms with Crippen LogP contribution in [0.4, 0.5) is 5.69 Å². The van der Waals surface area contributed by atoms with Gasteiger partial charge in [0.15, 0.2) is 0 Å². The Morgan fingerprint density at radius 2 is 2.05 bits per heavy atom. The number of nitrogen functional groups attached to an aromatic ring is 1. The SMILES string of the molecule is Nc1cc(Br)cc(Br)c1S(=O)(=O)NCC(O)C1CC1. The lowest BCUT2D eigenvalue weighted by atomic mass is 10.2. The maximum atomic E-state index is 12.2. The standard InChI is InChI=1S/C11H14Br2N2O3S/c12-7-3-8(13)11(9(14)4-7)19(17,18)15-5-10(16)6-1-2-6/h3-4,6,10,15-16H,1-2,5,14H2. The third-order valence-corrected chi connectivity index (χ3v) is 5.84. The van der Waals surface area contributed by atoms with E-state index in [4.69, 9.17) is 5.73 Å². The van der Waals surface area contributed by atoms with Gasteiger partial charge in [0.05, 0.1) is 11.8 Å². The van der Waals surface area contributed by atoms with Gasteiger partial charge in [0.1, 0.15) is 4.90 Å². The van der Waals surface area contributed by atoms with Crippen LogP contribution in [0.2, 0.25) is 0 Å². The van der Waals surface area contributed by atoms with Crippen LogP contribution in [-0.4, -0.2) is 26.2 Å². The summed E-state index contributed by atoms with van der Waals surface area (Å²) in [5.41, 5.74) is 5.89. The molecule has 0 aliphatic heterocycles. The summed E-state index contributed by atoms with van der Waals surface area (Å²) in [6.07, 6.45) is 1.27. The first kappa shape index (κ1) is 15.2. The zero-order valence-corrected chi connectivity index (χ0v) is 13.9. The predicted octanol–water partition coefficient (Wildman–Crippen LogP) is 1.84. The molecule has 0 amide bonds. The van der Waals surface area contributed by atoms with Crippen molar-refractivity contribution in [3.8, 4) is 0 Å². The molecule has 1 atom stereocenters. The Balaban J connectivity index is 2.19. The van der Waals surface area contributed by atoms with Gasteiger partial charge in [-0.1, -0.05) is 15.9 Å². The van der Waals surface area contributed by atoms with E-state index in [1.165, 1.54) is 6.07 Å². The molecule has 0 heterocycles. The monoisotopic (exact) mass is 412 g/mol. The second-order valence-electron chi connectivity index (χ2n) is 4.56. The van der Waals surface area contributed by atoms with E-state index in [9.17, 15) is 13.5 Å². The summed E-state index contributed by atoms with van der Waals surface area (Å²) in [5.74, 6) is 0.216. The van der Waals surface area contributed by atoms with Crippen LogP contribution in [0.3, 0.4) is 0 Å². The van der Waals surface area contributed by atoms with Crippen LogP contribution in [0.5, 0.6) is 0 Å². The lowest BCUT2D eigenvalue weighted by Gasteiger charge is -2.14. The molecule has 0 aromatic heterocycles. The van der Waals surface area contributed by atoms with Crippen molar-refractivity contribution < 1.29 is 13.5 Å². The molecule has 106 valence electrons. The molecule has 0 bridgehead atoms. The number of halogens is 2. The summed E-state index contributed by atoms with van der Waals surface area (Å²) in [6.45, 7) is 0.00887. The summed E-state index contributed by atoms with van der Waals surface area (Å²) in [5, 5.41) is 9.70. The van der Waals surface area contributed by atoms with Crippen LogP contribution < -0.4 is 10.5 Å². The van der Waals surface area contributed by atoms with Gasteiger partial charge in [0, 0.05) is 15.5 Å². The van der Waals surface area contributed by atoms with Crippen molar-refractivity contribution in [3.63, 3.8) is 0 Å². The fourth-order valence-electron chi connectivity index (χ4n) is 1.78. The van der Waals surface area contributed by atoms with Crippen molar-refractivity contribution in [2.45, 2.75) is 23.8 Å². The van der Waals surface area contributed by atoms with E-state index >= 15 is 0 Å². The number of anilines is 1. The third-order valence-electron chi connectivity index (χ3n) is 2.95. The van der Waals surface area contributed by atoms with Gasteiger partial charge in [0.2, 0.25) is 10.0 Å². The number of benzene rings is 1. The molecule has 1 aromatic rings. The van der Waals surface area contributed by atoms with Gasteiger partial charge in [-0.05, 0) is 46.8 Å². The van der Waals surface area contributed by atoms with Gasteiger partial charge in [-0.2, -0.15) is 0 Å². The van der Waals surface area contributed by atoms with Crippen molar-refractivity contribution in [2.75, 3.05) is 12.3 Å². The molecule has 4 N–H and O–H groups in total. The van der Waals surface area contributed by atoms with Crippen LogP contribution in [0.15, 0.2) is 26.0 Å². The molecule has 2 rings (SSSR count). The van der Waals surface area contributed by atoms with Crippen LogP contribution >= 0.6 is 31.9 Å². The molecule has 8 heteroatoms. The molecule has 1 aliphatic rings. The highest BCUT2D eigenvalue weighted by Crippen LogP contribution is 2.33. The van der Waals surface area contributed by atoms with E-state index < -0.39 is 16.1 Å². The van der Waals surface area contributed by atoms with Crippen molar-refractivity contribution >= 4 is 47.6 Å². The number of sulfonamides is 1. The highest BCUT2D eigenvalue weighted by Gasteiger charge is 2.31. The lowest BCUT2D eigenvalue weighted by molar-refractivity contribution is 0.155. The summed E-state index contributed by atoms with van der Waals surface area (Å²) in [4.78, 5) is -0.00121. The highest BCUT2D eigenvalue weighted by molar-refractivity contribution is 9.11. The Hall–Kier alpha value is -0.150. The van der Waals surface area contributed by atoms with E-state index in [1.54, 1.807) is 6.07 Å². The van der Waals surface area contributed by atoms with E-state index in [1.807, 2.05) is 0 Å². The van der Waals surface area contributed by atoms with Gasteiger partial charge in [-0.3, -0.25) is 0 Å². The Bertz CT molecular complexity index is 565. The largest absolute Gasteiger partial charge is 0.398 e. The second-order valence-corrected chi connectivity index (χ2v) is 8.04. The molecule has 5 nitrogen and oxygen atoms in total. The fourth-order valence-corrected chi connectivity index (χ4v) is 4.90. The first-order valence-electron chi connectivity index (χ1n) is 5.73. The van der Waals surface area contributed by atoms with E-state index in [-0.39, 0.29) is 23.0 Å². The average molecular weight is 414 g/mol. The molecule has 1 saturated carbocycles. The summed E-state index contributed by atoms with van der Waals surface area (Å²) >= 11 is 6.43. The Morgan fingerprint density at radius 3 is 2.58 bits per heavy atom. The van der Waals surface area contributed by atoms with Crippen LogP contribution in [-0.2, 0) is 10.0 Å². The van der Waals surface area contributed by atoms with Gasteiger partial charge in [-0.25, -0.2) is 13.1 Å². The first-order valence-corrected chi connectivity index (χ1v) is 8.80. The normalized spacial score (nSPS) is 17.4. The molecule has 1 aromatic carbocycles. The third kappa shape index (κ3) is 3.69. The van der Waals surface area contributed by atoms with Gasteiger partial charge in [0.25, 0.3) is 0 Å². The van der Waals surface area contributed by atoms with Crippen LogP contribution in [0.25, 0.3) is 0 Å². The minimum absolute atomic E-state index is 0.00121. The molecule has 1 unspecified atom stereocenters. The molecular formula is C11H14Br2N2O3S.